The zero-order valence-electron chi connectivity index (χ0n) is 20.7. The molecular formula is C27H38O2SSi. The minimum Gasteiger partial charge on any atom is -0.477 e. The smallest absolute Gasteiger partial charge is 0.346 e. The lowest BCUT2D eigenvalue weighted by Gasteiger charge is -2.43. The van der Waals surface area contributed by atoms with Crippen LogP contribution in [0.5, 0.6) is 0 Å². The number of fused-ring (bicyclic) bond motifs is 1. The molecule has 0 unspecified atom stereocenters. The molecule has 2 nitrogen and oxygen atoms in total. The van der Waals surface area contributed by atoms with E-state index in [1.54, 1.807) is 0 Å². The Morgan fingerprint density at radius 3 is 2.06 bits per heavy atom. The summed E-state index contributed by atoms with van der Waals surface area (Å²) in [4.78, 5) is 13.2. The van der Waals surface area contributed by atoms with E-state index in [0.29, 0.717) is 4.88 Å². The fourth-order valence-electron chi connectivity index (χ4n) is 4.82. The van der Waals surface area contributed by atoms with Crippen LogP contribution in [0.2, 0.25) is 19.6 Å². The van der Waals surface area contributed by atoms with Crippen LogP contribution in [0.3, 0.4) is 0 Å². The minimum absolute atomic E-state index is 0.173. The molecule has 0 saturated heterocycles. The normalized spacial score (nSPS) is 18.0. The molecule has 4 heteroatoms. The molecule has 31 heavy (non-hydrogen) atoms. The third kappa shape index (κ3) is 4.61. The maximum atomic E-state index is 11.7. The zero-order valence-corrected chi connectivity index (χ0v) is 22.5. The maximum absolute atomic E-state index is 11.7. The van der Waals surface area contributed by atoms with Crippen molar-refractivity contribution in [3.05, 3.63) is 55.8 Å². The minimum atomic E-state index is -1.69. The molecule has 0 bridgehead atoms. The van der Waals surface area contributed by atoms with Gasteiger partial charge in [-0.3, -0.25) is 0 Å². The molecule has 1 N–H and O–H groups in total. The average Bonchev–Trinajstić information content (AvgIpc) is 3.06. The van der Waals surface area contributed by atoms with Gasteiger partial charge in [0.15, 0.2) is 0 Å². The highest BCUT2D eigenvalue weighted by molar-refractivity contribution is 7.15. The highest BCUT2D eigenvalue weighted by Crippen LogP contribution is 2.48. The largest absolute Gasteiger partial charge is 0.477 e. The number of hydrogen-bond donors (Lipinski definition) is 1. The summed E-state index contributed by atoms with van der Waals surface area (Å²) in [7, 11) is -1.69. The fraction of sp³-hybridized carbons (Fsp3) is 0.519. The summed E-state index contributed by atoms with van der Waals surface area (Å²) in [6.45, 7) is 20.9. The SMILES string of the molecule is CCc1cc(C=C(c2cc3c(cc2C)C(C)(C)CCC3(C)C)[Si](C)(C)C)sc1C(=O)O. The number of hydrogen-bond acceptors (Lipinski definition) is 2. The molecule has 0 spiro atoms. The van der Waals surface area contributed by atoms with Crippen molar-refractivity contribution in [1.29, 1.82) is 0 Å². The molecule has 1 aromatic carbocycles. The quantitative estimate of drug-likeness (QED) is 0.464. The molecular weight excluding hydrogens is 416 g/mol. The van der Waals surface area contributed by atoms with E-state index in [0.717, 1.165) is 16.9 Å². The molecule has 168 valence electrons. The average molecular weight is 455 g/mol. The van der Waals surface area contributed by atoms with Crippen LogP contribution in [0.15, 0.2) is 18.2 Å². The number of aromatic carboxylic acids is 1. The molecule has 0 amide bonds. The van der Waals surface area contributed by atoms with Gasteiger partial charge in [0.1, 0.15) is 4.88 Å². The topological polar surface area (TPSA) is 37.3 Å². The third-order valence-corrected chi connectivity index (χ3v) is 10.1. The summed E-state index contributed by atoms with van der Waals surface area (Å²) in [6, 6.07) is 6.99. The Morgan fingerprint density at radius 1 is 1.06 bits per heavy atom. The number of benzene rings is 1. The molecule has 1 heterocycles. The second-order valence-corrected chi connectivity index (χ2v) is 17.6. The number of carboxylic acid groups (broad SMARTS) is 1. The highest BCUT2D eigenvalue weighted by Gasteiger charge is 2.38. The Labute approximate surface area is 193 Å². The highest BCUT2D eigenvalue weighted by atomic mass is 32.1. The van der Waals surface area contributed by atoms with Gasteiger partial charge < -0.3 is 5.11 Å². The summed E-state index contributed by atoms with van der Waals surface area (Å²) >= 11 is 1.41. The van der Waals surface area contributed by atoms with Gasteiger partial charge in [-0.2, -0.15) is 0 Å². The lowest BCUT2D eigenvalue weighted by Crippen LogP contribution is -2.34. The van der Waals surface area contributed by atoms with Crippen LogP contribution in [0.1, 0.15) is 89.8 Å². The van der Waals surface area contributed by atoms with Gasteiger partial charge in [0.05, 0.1) is 8.07 Å². The second kappa shape index (κ2) is 8.04. The second-order valence-electron chi connectivity index (χ2n) is 11.5. The molecule has 3 rings (SSSR count). The Bertz CT molecular complexity index is 1050. The fourth-order valence-corrected chi connectivity index (χ4v) is 7.62. The van der Waals surface area contributed by atoms with Gasteiger partial charge >= 0.3 is 5.97 Å². The van der Waals surface area contributed by atoms with Gasteiger partial charge in [0.2, 0.25) is 0 Å². The van der Waals surface area contributed by atoms with Crippen LogP contribution in [0, 0.1) is 6.92 Å². The predicted octanol–water partition coefficient (Wildman–Crippen LogP) is 8.08. The van der Waals surface area contributed by atoms with Crippen molar-refractivity contribution in [2.45, 2.75) is 91.3 Å². The van der Waals surface area contributed by atoms with Crippen molar-refractivity contribution in [1.82, 2.24) is 0 Å². The first-order valence-corrected chi connectivity index (χ1v) is 15.7. The van der Waals surface area contributed by atoms with E-state index in [9.17, 15) is 9.90 Å². The van der Waals surface area contributed by atoms with Gasteiger partial charge in [0, 0.05) is 4.88 Å². The van der Waals surface area contributed by atoms with E-state index in [1.165, 1.54) is 51.6 Å². The molecule has 0 atom stereocenters. The Kier molecular flexibility index (Phi) is 6.22. The van der Waals surface area contributed by atoms with E-state index in [1.807, 2.05) is 6.92 Å². The Hall–Kier alpha value is -1.65. The number of rotatable bonds is 5. The van der Waals surface area contributed by atoms with Crippen molar-refractivity contribution >= 4 is 36.7 Å². The lowest BCUT2D eigenvalue weighted by atomic mass is 9.62. The predicted molar refractivity (Wildman–Crippen MR) is 138 cm³/mol. The maximum Gasteiger partial charge on any atom is 0.346 e. The summed E-state index contributed by atoms with van der Waals surface area (Å²) in [5.74, 6) is -0.815. The van der Waals surface area contributed by atoms with Crippen LogP contribution >= 0.6 is 11.3 Å². The van der Waals surface area contributed by atoms with Crippen molar-refractivity contribution < 1.29 is 9.90 Å². The lowest BCUT2D eigenvalue weighted by molar-refractivity contribution is 0.0701. The van der Waals surface area contributed by atoms with E-state index in [2.05, 4.69) is 78.5 Å². The van der Waals surface area contributed by atoms with Crippen LogP contribution in [0.4, 0.5) is 0 Å². The monoisotopic (exact) mass is 454 g/mol. The van der Waals surface area contributed by atoms with Crippen molar-refractivity contribution in [3.63, 3.8) is 0 Å². The molecule has 0 saturated carbocycles. The van der Waals surface area contributed by atoms with Gasteiger partial charge in [-0.25, -0.2) is 4.79 Å². The number of thiophene rings is 1. The molecule has 1 aliphatic carbocycles. The molecule has 0 fully saturated rings. The number of carboxylic acids is 1. The molecule has 2 aromatic rings. The van der Waals surface area contributed by atoms with Crippen molar-refractivity contribution in [2.75, 3.05) is 0 Å². The number of aryl methyl sites for hydroxylation is 2. The van der Waals surface area contributed by atoms with E-state index in [-0.39, 0.29) is 10.8 Å². The van der Waals surface area contributed by atoms with Gasteiger partial charge in [0.25, 0.3) is 0 Å². The molecule has 0 radical (unpaired) electrons. The van der Waals surface area contributed by atoms with E-state index in [4.69, 9.17) is 0 Å². The van der Waals surface area contributed by atoms with Gasteiger partial charge in [-0.15, -0.1) is 11.3 Å². The zero-order chi connectivity index (χ0) is 23.4. The Balaban J connectivity index is 2.24. The third-order valence-electron chi connectivity index (χ3n) is 6.99. The summed E-state index contributed by atoms with van der Waals surface area (Å²) in [5, 5.41) is 11.0. The van der Waals surface area contributed by atoms with Crippen molar-refractivity contribution in [3.8, 4) is 0 Å². The molecule has 0 aliphatic heterocycles. The standard InChI is InChI=1S/C27H38O2SSi/c1-10-18-14-19(30-24(18)25(28)29)15-23(31(7,8)9)20-16-22-21(13-17(20)2)26(3,4)11-12-27(22,5)6/h13-16H,10-12H2,1-9H3,(H,28,29). The van der Waals surface area contributed by atoms with E-state index < -0.39 is 14.0 Å². The van der Waals surface area contributed by atoms with Crippen LogP contribution in [-0.2, 0) is 17.3 Å². The summed E-state index contributed by atoms with van der Waals surface area (Å²) in [6.07, 6.45) is 5.46. The van der Waals surface area contributed by atoms with Crippen LogP contribution in [0.25, 0.3) is 11.3 Å². The number of carbonyl (C=O) groups is 1. The first-order chi connectivity index (χ1) is 14.2. The van der Waals surface area contributed by atoms with Crippen LogP contribution in [-0.4, -0.2) is 19.1 Å². The summed E-state index contributed by atoms with van der Waals surface area (Å²) in [5.41, 5.74) is 6.99. The molecule has 1 aliphatic rings. The molecule has 1 aromatic heterocycles. The van der Waals surface area contributed by atoms with Crippen LogP contribution < -0.4 is 0 Å². The van der Waals surface area contributed by atoms with E-state index >= 15 is 0 Å². The van der Waals surface area contributed by atoms with Gasteiger partial charge in [-0.1, -0.05) is 71.6 Å². The first-order valence-electron chi connectivity index (χ1n) is 11.4. The first kappa shape index (κ1) is 24.0. The van der Waals surface area contributed by atoms with Crippen molar-refractivity contribution in [2.24, 2.45) is 0 Å². The van der Waals surface area contributed by atoms with Gasteiger partial charge in [-0.05, 0) is 77.0 Å². The summed E-state index contributed by atoms with van der Waals surface area (Å²) < 4.78 is 0. The Morgan fingerprint density at radius 2 is 1.61 bits per heavy atom.